The summed E-state index contributed by atoms with van der Waals surface area (Å²) in [5.41, 5.74) is 1.23. The third-order valence-electron chi connectivity index (χ3n) is 3.81. The van der Waals surface area contributed by atoms with Crippen molar-refractivity contribution in [3.63, 3.8) is 0 Å². The van der Waals surface area contributed by atoms with Crippen LogP contribution >= 0.6 is 0 Å². The minimum Gasteiger partial charge on any atom is -0.310 e. The molecule has 1 aromatic carbocycles. The van der Waals surface area contributed by atoms with E-state index in [0.717, 1.165) is 31.5 Å². The lowest BCUT2D eigenvalue weighted by atomic mass is 10.0. The minimum atomic E-state index is -0.335. The molecule has 2 rings (SSSR count). The number of rotatable bonds is 5. The van der Waals surface area contributed by atoms with Gasteiger partial charge in [-0.05, 0) is 62.7 Å². The van der Waals surface area contributed by atoms with Gasteiger partial charge in [0.25, 0.3) is 0 Å². The average molecular weight is 275 g/mol. The number of benzene rings is 1. The van der Waals surface area contributed by atoms with Crippen LogP contribution in [0.1, 0.15) is 37.3 Å². The number of likely N-dealkylation sites (tertiary alicyclic amines) is 1. The van der Waals surface area contributed by atoms with Gasteiger partial charge in [0.2, 0.25) is 0 Å². The molecule has 108 valence electrons. The van der Waals surface area contributed by atoms with Gasteiger partial charge in [0.1, 0.15) is 5.82 Å². The predicted molar refractivity (Wildman–Crippen MR) is 77.7 cm³/mol. The van der Waals surface area contributed by atoms with Gasteiger partial charge in [-0.1, -0.05) is 6.92 Å². The minimum absolute atomic E-state index is 0.335. The summed E-state index contributed by atoms with van der Waals surface area (Å²) in [7, 11) is 0. The number of hydrogen-bond acceptors (Lipinski definition) is 3. The van der Waals surface area contributed by atoms with E-state index in [0.29, 0.717) is 18.2 Å². The quantitative estimate of drug-likeness (QED) is 0.898. The molecule has 1 fully saturated rings. The maximum atomic E-state index is 13.3. The van der Waals surface area contributed by atoms with E-state index in [-0.39, 0.29) is 5.82 Å². The summed E-state index contributed by atoms with van der Waals surface area (Å²) < 4.78 is 13.3. The fourth-order valence-electron chi connectivity index (χ4n) is 2.76. The van der Waals surface area contributed by atoms with Crippen molar-refractivity contribution in [3.05, 3.63) is 35.1 Å². The molecule has 1 aromatic rings. The van der Waals surface area contributed by atoms with E-state index in [9.17, 15) is 4.39 Å². The summed E-state index contributed by atoms with van der Waals surface area (Å²) in [5.74, 6) is -0.335. The third kappa shape index (κ3) is 4.29. The largest absolute Gasteiger partial charge is 0.310 e. The first-order chi connectivity index (χ1) is 9.71. The molecule has 1 saturated heterocycles. The summed E-state index contributed by atoms with van der Waals surface area (Å²) in [6.07, 6.45) is 3.49. The lowest BCUT2D eigenvalue weighted by Gasteiger charge is -2.32. The maximum Gasteiger partial charge on any atom is 0.124 e. The molecule has 0 radical (unpaired) electrons. The monoisotopic (exact) mass is 275 g/mol. The summed E-state index contributed by atoms with van der Waals surface area (Å²) in [6, 6.07) is 7.01. The normalized spacial score (nSPS) is 17.1. The van der Waals surface area contributed by atoms with Crippen LogP contribution in [0.25, 0.3) is 0 Å². The first-order valence-electron chi connectivity index (χ1n) is 7.36. The smallest absolute Gasteiger partial charge is 0.124 e. The molecular formula is C16H22FN3. The number of piperidine rings is 1. The Hall–Kier alpha value is -1.44. The van der Waals surface area contributed by atoms with Crippen LogP contribution in [-0.4, -0.2) is 30.6 Å². The van der Waals surface area contributed by atoms with Gasteiger partial charge in [-0.25, -0.2) is 4.39 Å². The SMILES string of the molecule is CCCN1CCC(NCc2cc(F)cc(C#N)c2)CC1. The zero-order valence-electron chi connectivity index (χ0n) is 12.0. The van der Waals surface area contributed by atoms with E-state index < -0.39 is 0 Å². The zero-order chi connectivity index (χ0) is 14.4. The number of nitrogens with zero attached hydrogens (tertiary/aromatic N) is 2. The predicted octanol–water partition coefficient (Wildman–Crippen LogP) is 2.66. The van der Waals surface area contributed by atoms with Gasteiger partial charge in [-0.3, -0.25) is 0 Å². The molecule has 1 aliphatic heterocycles. The van der Waals surface area contributed by atoms with E-state index in [1.165, 1.54) is 25.1 Å². The first kappa shape index (κ1) is 15.0. The molecule has 0 aromatic heterocycles. The molecular weight excluding hydrogens is 253 g/mol. The van der Waals surface area contributed by atoms with Crippen LogP contribution in [0.4, 0.5) is 4.39 Å². The van der Waals surface area contributed by atoms with Crippen LogP contribution in [0.15, 0.2) is 18.2 Å². The Balaban J connectivity index is 1.82. The molecule has 20 heavy (non-hydrogen) atoms. The summed E-state index contributed by atoms with van der Waals surface area (Å²) in [4.78, 5) is 2.49. The van der Waals surface area contributed by atoms with Crippen LogP contribution in [0.3, 0.4) is 0 Å². The van der Waals surface area contributed by atoms with Crippen LogP contribution in [0.2, 0.25) is 0 Å². The van der Waals surface area contributed by atoms with Gasteiger partial charge in [-0.15, -0.1) is 0 Å². The topological polar surface area (TPSA) is 39.1 Å². The molecule has 0 spiro atoms. The van der Waals surface area contributed by atoms with Crippen molar-refractivity contribution < 1.29 is 4.39 Å². The van der Waals surface area contributed by atoms with Crippen molar-refractivity contribution in [1.82, 2.24) is 10.2 Å². The first-order valence-corrected chi connectivity index (χ1v) is 7.36. The van der Waals surface area contributed by atoms with Gasteiger partial charge in [0, 0.05) is 12.6 Å². The Morgan fingerprint density at radius 1 is 1.35 bits per heavy atom. The molecule has 0 bridgehead atoms. The highest BCUT2D eigenvalue weighted by molar-refractivity contribution is 5.33. The highest BCUT2D eigenvalue weighted by Gasteiger charge is 2.17. The molecule has 3 nitrogen and oxygen atoms in total. The second-order valence-electron chi connectivity index (χ2n) is 5.46. The number of nitrogens with one attached hydrogen (secondary N) is 1. The van der Waals surface area contributed by atoms with E-state index >= 15 is 0 Å². The Morgan fingerprint density at radius 2 is 2.10 bits per heavy atom. The Bertz CT molecular complexity index is 473. The van der Waals surface area contributed by atoms with Crippen molar-refractivity contribution in [2.75, 3.05) is 19.6 Å². The summed E-state index contributed by atoms with van der Waals surface area (Å²) >= 11 is 0. The van der Waals surface area contributed by atoms with E-state index in [1.54, 1.807) is 6.07 Å². The van der Waals surface area contributed by atoms with Gasteiger partial charge in [0.05, 0.1) is 11.6 Å². The number of halogens is 1. The highest BCUT2D eigenvalue weighted by atomic mass is 19.1. The standard InChI is InChI=1S/C16H22FN3/c1-2-5-20-6-3-16(4-7-20)19-12-14-8-13(11-18)9-15(17)10-14/h8-10,16,19H,2-7,12H2,1H3. The number of hydrogen-bond donors (Lipinski definition) is 1. The van der Waals surface area contributed by atoms with E-state index in [4.69, 9.17) is 5.26 Å². The second-order valence-corrected chi connectivity index (χ2v) is 5.46. The van der Waals surface area contributed by atoms with Crippen LogP contribution < -0.4 is 5.32 Å². The van der Waals surface area contributed by atoms with Crippen molar-refractivity contribution in [1.29, 1.82) is 5.26 Å². The van der Waals surface area contributed by atoms with Gasteiger partial charge >= 0.3 is 0 Å². The fourth-order valence-corrected chi connectivity index (χ4v) is 2.76. The van der Waals surface area contributed by atoms with Crippen molar-refractivity contribution in [2.24, 2.45) is 0 Å². The van der Waals surface area contributed by atoms with E-state index in [1.807, 2.05) is 6.07 Å². The molecule has 0 saturated carbocycles. The zero-order valence-corrected chi connectivity index (χ0v) is 12.0. The van der Waals surface area contributed by atoms with Gasteiger partial charge in [0.15, 0.2) is 0 Å². The van der Waals surface area contributed by atoms with E-state index in [2.05, 4.69) is 17.1 Å². The molecule has 1 heterocycles. The van der Waals surface area contributed by atoms with Crippen LogP contribution in [-0.2, 0) is 6.54 Å². The Kier molecular flexibility index (Phi) is 5.51. The molecule has 0 aliphatic carbocycles. The second kappa shape index (κ2) is 7.37. The summed E-state index contributed by atoms with van der Waals surface area (Å²) in [6.45, 7) is 6.30. The van der Waals surface area contributed by atoms with Gasteiger partial charge in [-0.2, -0.15) is 5.26 Å². The molecule has 1 N–H and O–H groups in total. The Labute approximate surface area is 120 Å². The van der Waals surface area contributed by atoms with Crippen molar-refractivity contribution >= 4 is 0 Å². The van der Waals surface area contributed by atoms with Crippen LogP contribution in [0, 0.1) is 17.1 Å². The van der Waals surface area contributed by atoms with Gasteiger partial charge < -0.3 is 10.2 Å². The highest BCUT2D eigenvalue weighted by Crippen LogP contribution is 2.13. The molecule has 4 heteroatoms. The van der Waals surface area contributed by atoms with Crippen molar-refractivity contribution in [3.8, 4) is 6.07 Å². The maximum absolute atomic E-state index is 13.3. The fraction of sp³-hybridized carbons (Fsp3) is 0.562. The summed E-state index contributed by atoms with van der Waals surface area (Å²) in [5, 5.41) is 12.3. The lowest BCUT2D eigenvalue weighted by Crippen LogP contribution is -2.42. The average Bonchev–Trinajstić information content (AvgIpc) is 2.46. The van der Waals surface area contributed by atoms with Crippen molar-refractivity contribution in [2.45, 2.75) is 38.8 Å². The number of nitriles is 1. The Morgan fingerprint density at radius 3 is 2.75 bits per heavy atom. The molecule has 0 atom stereocenters. The molecule has 0 unspecified atom stereocenters. The third-order valence-corrected chi connectivity index (χ3v) is 3.81. The lowest BCUT2D eigenvalue weighted by molar-refractivity contribution is 0.197. The molecule has 0 amide bonds. The molecule has 1 aliphatic rings. The van der Waals surface area contributed by atoms with Crippen LogP contribution in [0.5, 0.6) is 0 Å².